The maximum Gasteiger partial charge on any atom is 0.416 e. The molecule has 0 radical (unpaired) electrons. The number of thiophene rings is 1. The van der Waals surface area contributed by atoms with Crippen molar-refractivity contribution in [2.24, 2.45) is 0 Å². The lowest BCUT2D eigenvalue weighted by molar-refractivity contribution is -0.137. The number of benzene rings is 1. The van der Waals surface area contributed by atoms with Crippen molar-refractivity contribution < 1.29 is 13.2 Å². The van der Waals surface area contributed by atoms with E-state index in [1.807, 2.05) is 6.07 Å². The van der Waals surface area contributed by atoms with Crippen LogP contribution in [0, 0.1) is 0 Å². The van der Waals surface area contributed by atoms with Crippen molar-refractivity contribution in [3.8, 4) is 0 Å². The Bertz CT molecular complexity index is 608. The quantitative estimate of drug-likeness (QED) is 0.769. The van der Waals surface area contributed by atoms with E-state index in [2.05, 4.69) is 32.2 Å². The summed E-state index contributed by atoms with van der Waals surface area (Å²) in [5.41, 5.74) is -0.0522. The molecule has 0 atom stereocenters. The number of alkyl halides is 3. The van der Waals surface area contributed by atoms with E-state index in [4.69, 9.17) is 0 Å². The van der Waals surface area contributed by atoms with Gasteiger partial charge in [-0.25, -0.2) is 0 Å². The number of rotatable bonds is 3. The van der Waals surface area contributed by atoms with Gasteiger partial charge in [-0.15, -0.1) is 11.3 Å². The predicted molar refractivity (Wildman–Crippen MR) is 81.8 cm³/mol. The van der Waals surface area contributed by atoms with Crippen LogP contribution >= 0.6 is 11.3 Å². The molecule has 114 valence electrons. The lowest BCUT2D eigenvalue weighted by Gasteiger charge is -2.15. The summed E-state index contributed by atoms with van der Waals surface area (Å²) in [6.45, 7) is 6.95. The molecule has 0 saturated carbocycles. The second-order valence-corrected chi connectivity index (χ2v) is 7.12. The van der Waals surface area contributed by atoms with E-state index in [1.54, 1.807) is 17.4 Å². The van der Waals surface area contributed by atoms with Gasteiger partial charge in [0.25, 0.3) is 0 Å². The number of hydrogen-bond acceptors (Lipinski definition) is 2. The Morgan fingerprint density at radius 2 is 1.76 bits per heavy atom. The largest absolute Gasteiger partial charge is 0.416 e. The third-order valence-corrected chi connectivity index (χ3v) is 4.57. The molecule has 0 aliphatic rings. The summed E-state index contributed by atoms with van der Waals surface area (Å²) >= 11 is 1.68. The Hall–Kier alpha value is -1.49. The van der Waals surface area contributed by atoms with Gasteiger partial charge in [-0.2, -0.15) is 13.2 Å². The van der Waals surface area contributed by atoms with Crippen molar-refractivity contribution >= 4 is 17.0 Å². The number of anilines is 1. The molecule has 0 saturated heterocycles. The molecule has 2 aromatic rings. The van der Waals surface area contributed by atoms with Gasteiger partial charge in [0.05, 0.1) is 5.56 Å². The number of halogens is 3. The van der Waals surface area contributed by atoms with Gasteiger partial charge in [0.15, 0.2) is 0 Å². The average molecular weight is 313 g/mol. The molecule has 0 fully saturated rings. The van der Waals surface area contributed by atoms with Gasteiger partial charge in [-0.3, -0.25) is 0 Å². The van der Waals surface area contributed by atoms with Gasteiger partial charge in [0, 0.05) is 22.0 Å². The molecule has 5 heteroatoms. The maximum atomic E-state index is 12.6. The molecule has 0 aliphatic carbocycles. The number of nitrogens with one attached hydrogen (secondary N) is 1. The molecule has 1 aromatic heterocycles. The van der Waals surface area contributed by atoms with Crippen molar-refractivity contribution in [1.29, 1.82) is 0 Å². The average Bonchev–Trinajstić information content (AvgIpc) is 2.84. The molecule has 0 unspecified atom stereocenters. The summed E-state index contributed by atoms with van der Waals surface area (Å²) in [5, 5.41) is 3.05. The standard InChI is InChI=1S/C16H18F3NS/c1-15(2,3)14-8-7-13(21-14)10-20-12-6-4-5-11(9-12)16(17,18)19/h4-9,20H,10H2,1-3H3. The molecular weight excluding hydrogens is 295 g/mol. The molecule has 1 aromatic carbocycles. The van der Waals surface area contributed by atoms with E-state index in [0.29, 0.717) is 12.2 Å². The first-order chi connectivity index (χ1) is 9.66. The third kappa shape index (κ3) is 4.24. The van der Waals surface area contributed by atoms with Crippen LogP contribution < -0.4 is 5.32 Å². The highest BCUT2D eigenvalue weighted by molar-refractivity contribution is 7.12. The van der Waals surface area contributed by atoms with E-state index in [1.165, 1.54) is 10.9 Å². The minimum atomic E-state index is -4.31. The third-order valence-electron chi connectivity index (χ3n) is 3.06. The van der Waals surface area contributed by atoms with Crippen molar-refractivity contribution in [3.05, 3.63) is 51.7 Å². The first-order valence-electron chi connectivity index (χ1n) is 6.66. The minimum Gasteiger partial charge on any atom is -0.380 e. The summed E-state index contributed by atoms with van der Waals surface area (Å²) in [4.78, 5) is 2.38. The fourth-order valence-corrected chi connectivity index (χ4v) is 2.88. The van der Waals surface area contributed by atoms with Crippen LogP contribution in [0.1, 0.15) is 36.1 Å². The van der Waals surface area contributed by atoms with E-state index >= 15 is 0 Å². The van der Waals surface area contributed by atoms with Crippen LogP contribution in [-0.4, -0.2) is 0 Å². The minimum absolute atomic E-state index is 0.0963. The molecule has 2 rings (SSSR count). The van der Waals surface area contributed by atoms with Crippen LogP contribution in [0.3, 0.4) is 0 Å². The summed E-state index contributed by atoms with van der Waals surface area (Å²) in [7, 11) is 0. The summed E-state index contributed by atoms with van der Waals surface area (Å²) < 4.78 is 37.9. The second-order valence-electron chi connectivity index (χ2n) is 5.95. The monoisotopic (exact) mass is 313 g/mol. The first-order valence-corrected chi connectivity index (χ1v) is 7.48. The van der Waals surface area contributed by atoms with Gasteiger partial charge in [0.2, 0.25) is 0 Å². The summed E-state index contributed by atoms with van der Waals surface area (Å²) in [5.74, 6) is 0. The smallest absolute Gasteiger partial charge is 0.380 e. The molecule has 0 amide bonds. The fourth-order valence-electron chi connectivity index (χ4n) is 1.87. The van der Waals surface area contributed by atoms with Gasteiger partial charge < -0.3 is 5.32 Å². The Morgan fingerprint density at radius 3 is 2.33 bits per heavy atom. The second kappa shape index (κ2) is 5.72. The molecular formula is C16H18F3NS. The lowest BCUT2D eigenvalue weighted by Crippen LogP contribution is -2.08. The van der Waals surface area contributed by atoms with Gasteiger partial charge in [-0.1, -0.05) is 26.8 Å². The van der Waals surface area contributed by atoms with Crippen LogP contribution in [0.25, 0.3) is 0 Å². The molecule has 0 bridgehead atoms. The van der Waals surface area contributed by atoms with Crippen LogP contribution in [0.15, 0.2) is 36.4 Å². The SMILES string of the molecule is CC(C)(C)c1ccc(CNc2cccc(C(F)(F)F)c2)s1. The van der Waals surface area contributed by atoms with Crippen molar-refractivity contribution in [3.63, 3.8) is 0 Å². The van der Waals surface area contributed by atoms with Crippen molar-refractivity contribution in [1.82, 2.24) is 0 Å². The van der Waals surface area contributed by atoms with E-state index in [9.17, 15) is 13.2 Å². The Morgan fingerprint density at radius 1 is 1.05 bits per heavy atom. The zero-order valence-corrected chi connectivity index (χ0v) is 13.0. The molecule has 1 N–H and O–H groups in total. The molecule has 0 spiro atoms. The van der Waals surface area contributed by atoms with Gasteiger partial charge in [-0.05, 0) is 35.7 Å². The van der Waals surface area contributed by atoms with E-state index in [0.717, 1.165) is 17.0 Å². The zero-order valence-electron chi connectivity index (χ0n) is 12.2. The van der Waals surface area contributed by atoms with Crippen LogP contribution in [0.2, 0.25) is 0 Å². The molecule has 1 heterocycles. The van der Waals surface area contributed by atoms with Gasteiger partial charge >= 0.3 is 6.18 Å². The summed E-state index contributed by atoms with van der Waals surface area (Å²) in [6, 6.07) is 9.37. The van der Waals surface area contributed by atoms with Crippen molar-refractivity contribution in [2.45, 2.75) is 38.9 Å². The van der Waals surface area contributed by atoms with Crippen LogP contribution in [0.5, 0.6) is 0 Å². The normalized spacial score (nSPS) is 12.5. The van der Waals surface area contributed by atoms with Crippen molar-refractivity contribution in [2.75, 3.05) is 5.32 Å². The maximum absolute atomic E-state index is 12.6. The predicted octanol–water partition coefficient (Wildman–Crippen LogP) is 5.68. The lowest BCUT2D eigenvalue weighted by atomic mass is 9.95. The first kappa shape index (κ1) is 15.9. The molecule has 1 nitrogen and oxygen atoms in total. The molecule has 0 aliphatic heterocycles. The highest BCUT2D eigenvalue weighted by Gasteiger charge is 2.30. The fraction of sp³-hybridized carbons (Fsp3) is 0.375. The van der Waals surface area contributed by atoms with E-state index < -0.39 is 11.7 Å². The Balaban J connectivity index is 2.05. The number of hydrogen-bond donors (Lipinski definition) is 1. The Kier molecular flexibility index (Phi) is 4.33. The van der Waals surface area contributed by atoms with Gasteiger partial charge in [0.1, 0.15) is 0 Å². The van der Waals surface area contributed by atoms with Crippen LogP contribution in [0.4, 0.5) is 18.9 Å². The summed E-state index contributed by atoms with van der Waals surface area (Å²) in [6.07, 6.45) is -4.31. The zero-order chi connectivity index (χ0) is 15.7. The Labute approximate surface area is 126 Å². The van der Waals surface area contributed by atoms with Crippen LogP contribution in [-0.2, 0) is 18.1 Å². The topological polar surface area (TPSA) is 12.0 Å². The highest BCUT2D eigenvalue weighted by atomic mass is 32.1. The molecule has 21 heavy (non-hydrogen) atoms. The highest BCUT2D eigenvalue weighted by Crippen LogP contribution is 2.32. The van der Waals surface area contributed by atoms with E-state index in [-0.39, 0.29) is 5.41 Å².